The van der Waals surface area contributed by atoms with Crippen molar-refractivity contribution in [3.63, 3.8) is 0 Å². The molecular formula is C14H21N3O4. The van der Waals surface area contributed by atoms with Gasteiger partial charge in [0.1, 0.15) is 6.04 Å². The molecule has 0 aliphatic carbocycles. The van der Waals surface area contributed by atoms with Crippen LogP contribution in [0.2, 0.25) is 0 Å². The van der Waals surface area contributed by atoms with Crippen molar-refractivity contribution in [2.75, 3.05) is 6.54 Å². The van der Waals surface area contributed by atoms with Crippen LogP contribution in [0.15, 0.2) is 4.52 Å². The van der Waals surface area contributed by atoms with Gasteiger partial charge in [0.25, 0.3) is 0 Å². The molecule has 1 aliphatic rings. The maximum atomic E-state index is 12.1. The fourth-order valence-corrected chi connectivity index (χ4v) is 2.57. The quantitative estimate of drug-likeness (QED) is 0.817. The topological polar surface area (TPSA) is 96.5 Å². The van der Waals surface area contributed by atoms with Crippen LogP contribution in [0.1, 0.15) is 50.7 Å². The molecule has 0 unspecified atom stereocenters. The fourth-order valence-electron chi connectivity index (χ4n) is 2.57. The number of nitrogens with zero attached hydrogens (tertiary/aromatic N) is 3. The molecule has 0 bridgehead atoms. The molecular weight excluding hydrogens is 274 g/mol. The lowest BCUT2D eigenvalue weighted by atomic mass is 10.2. The van der Waals surface area contributed by atoms with Crippen molar-refractivity contribution in [2.45, 2.75) is 57.9 Å². The first-order chi connectivity index (χ1) is 10.1. The molecule has 1 amide bonds. The number of hydrogen-bond acceptors (Lipinski definition) is 5. The van der Waals surface area contributed by atoms with E-state index in [0.29, 0.717) is 43.9 Å². The van der Waals surface area contributed by atoms with E-state index in [0.717, 1.165) is 19.3 Å². The molecule has 0 saturated carbocycles. The number of aromatic nitrogens is 2. The van der Waals surface area contributed by atoms with E-state index in [9.17, 15) is 9.59 Å². The third-order valence-electron chi connectivity index (χ3n) is 3.62. The number of rotatable bonds is 7. The predicted octanol–water partition coefficient (Wildman–Crippen LogP) is 1.42. The van der Waals surface area contributed by atoms with E-state index >= 15 is 0 Å². The molecule has 1 fully saturated rings. The molecule has 0 spiro atoms. The molecule has 1 aromatic rings. The Hall–Kier alpha value is -1.92. The van der Waals surface area contributed by atoms with E-state index < -0.39 is 12.0 Å². The van der Waals surface area contributed by atoms with Gasteiger partial charge in [0.05, 0.1) is 0 Å². The van der Waals surface area contributed by atoms with Gasteiger partial charge in [0.15, 0.2) is 5.82 Å². The van der Waals surface area contributed by atoms with Crippen LogP contribution in [0.3, 0.4) is 0 Å². The molecule has 21 heavy (non-hydrogen) atoms. The Kier molecular flexibility index (Phi) is 5.30. The summed E-state index contributed by atoms with van der Waals surface area (Å²) in [5, 5.41) is 12.9. The number of aryl methyl sites for hydroxylation is 2. The molecule has 116 valence electrons. The summed E-state index contributed by atoms with van der Waals surface area (Å²) >= 11 is 0. The molecule has 2 rings (SSSR count). The van der Waals surface area contributed by atoms with Crippen molar-refractivity contribution in [2.24, 2.45) is 0 Å². The molecule has 7 nitrogen and oxygen atoms in total. The van der Waals surface area contributed by atoms with Crippen molar-refractivity contribution < 1.29 is 19.2 Å². The van der Waals surface area contributed by atoms with Crippen molar-refractivity contribution in [1.82, 2.24) is 15.0 Å². The summed E-state index contributed by atoms with van der Waals surface area (Å²) in [6, 6.07) is -0.655. The smallest absolute Gasteiger partial charge is 0.326 e. The van der Waals surface area contributed by atoms with Gasteiger partial charge in [-0.05, 0) is 25.7 Å². The number of aliphatic carboxylic acids is 1. The van der Waals surface area contributed by atoms with Crippen LogP contribution in [0.5, 0.6) is 0 Å². The van der Waals surface area contributed by atoms with Crippen LogP contribution in [0, 0.1) is 0 Å². The van der Waals surface area contributed by atoms with Crippen LogP contribution < -0.4 is 0 Å². The Balaban J connectivity index is 1.77. The minimum absolute atomic E-state index is 0.104. The Morgan fingerprint density at radius 2 is 2.24 bits per heavy atom. The zero-order chi connectivity index (χ0) is 15.2. The minimum Gasteiger partial charge on any atom is -0.480 e. The molecule has 2 heterocycles. The SMILES string of the molecule is CCCc1noc(CCCC(=O)N2CCC[C@@H]2C(=O)O)n1. The van der Waals surface area contributed by atoms with Gasteiger partial charge in [-0.2, -0.15) is 4.98 Å². The van der Waals surface area contributed by atoms with Crippen LogP contribution in [0.4, 0.5) is 0 Å². The Labute approximate surface area is 123 Å². The predicted molar refractivity (Wildman–Crippen MR) is 73.6 cm³/mol. The molecule has 0 radical (unpaired) electrons. The van der Waals surface area contributed by atoms with Crippen LogP contribution in [0.25, 0.3) is 0 Å². The third kappa shape index (κ3) is 4.03. The van der Waals surface area contributed by atoms with Crippen LogP contribution in [-0.4, -0.2) is 44.6 Å². The number of carbonyl (C=O) groups is 2. The van der Waals surface area contributed by atoms with E-state index in [4.69, 9.17) is 9.63 Å². The van der Waals surface area contributed by atoms with Gasteiger partial charge < -0.3 is 14.5 Å². The maximum absolute atomic E-state index is 12.1. The van der Waals surface area contributed by atoms with Crippen molar-refractivity contribution in [3.8, 4) is 0 Å². The first-order valence-electron chi connectivity index (χ1n) is 7.45. The average molecular weight is 295 g/mol. The minimum atomic E-state index is -0.915. The molecule has 7 heteroatoms. The van der Waals surface area contributed by atoms with Gasteiger partial charge in [-0.15, -0.1) is 0 Å². The zero-order valence-electron chi connectivity index (χ0n) is 12.2. The Morgan fingerprint density at radius 3 is 2.95 bits per heavy atom. The van der Waals surface area contributed by atoms with Crippen molar-refractivity contribution in [1.29, 1.82) is 0 Å². The van der Waals surface area contributed by atoms with Gasteiger partial charge >= 0.3 is 5.97 Å². The van der Waals surface area contributed by atoms with E-state index in [-0.39, 0.29) is 5.91 Å². The summed E-state index contributed by atoms with van der Waals surface area (Å²) < 4.78 is 5.10. The molecule has 1 aromatic heterocycles. The molecule has 0 aromatic carbocycles. The van der Waals surface area contributed by atoms with Crippen LogP contribution in [-0.2, 0) is 22.4 Å². The lowest BCUT2D eigenvalue weighted by molar-refractivity contribution is -0.148. The van der Waals surface area contributed by atoms with E-state index in [1.54, 1.807) is 0 Å². The van der Waals surface area contributed by atoms with E-state index in [1.165, 1.54) is 4.90 Å². The van der Waals surface area contributed by atoms with Gasteiger partial charge in [0.2, 0.25) is 11.8 Å². The van der Waals surface area contributed by atoms with Crippen molar-refractivity contribution in [3.05, 3.63) is 11.7 Å². The normalized spacial score (nSPS) is 18.1. The average Bonchev–Trinajstić information content (AvgIpc) is 3.08. The molecule has 1 atom stereocenters. The molecule has 1 aliphatic heterocycles. The lowest BCUT2D eigenvalue weighted by Gasteiger charge is -2.21. The second kappa shape index (κ2) is 7.19. The van der Waals surface area contributed by atoms with Gasteiger partial charge in [-0.1, -0.05) is 12.1 Å². The number of amides is 1. The highest BCUT2D eigenvalue weighted by Crippen LogP contribution is 2.19. The highest BCUT2D eigenvalue weighted by molar-refractivity contribution is 5.84. The largest absolute Gasteiger partial charge is 0.480 e. The monoisotopic (exact) mass is 295 g/mol. The van der Waals surface area contributed by atoms with Gasteiger partial charge in [-0.25, -0.2) is 4.79 Å². The van der Waals surface area contributed by atoms with Crippen LogP contribution >= 0.6 is 0 Å². The summed E-state index contributed by atoms with van der Waals surface area (Å²) in [5.74, 6) is 0.224. The number of carboxylic acids is 1. The highest BCUT2D eigenvalue weighted by atomic mass is 16.5. The summed E-state index contributed by atoms with van der Waals surface area (Å²) in [6.07, 6.45) is 4.51. The Morgan fingerprint density at radius 1 is 1.43 bits per heavy atom. The fraction of sp³-hybridized carbons (Fsp3) is 0.714. The standard InChI is InChI=1S/C14H21N3O4/c1-2-5-11-15-12(21-16-11)7-3-8-13(18)17-9-4-6-10(17)14(19)20/h10H,2-9H2,1H3,(H,19,20)/t10-/m1/s1. The maximum Gasteiger partial charge on any atom is 0.326 e. The second-order valence-corrected chi connectivity index (χ2v) is 5.29. The van der Waals surface area contributed by atoms with E-state index in [1.807, 2.05) is 6.92 Å². The lowest BCUT2D eigenvalue weighted by Crippen LogP contribution is -2.40. The second-order valence-electron chi connectivity index (χ2n) is 5.29. The summed E-state index contributed by atoms with van der Waals surface area (Å²) in [5.41, 5.74) is 0. The molecule has 1 N–H and O–H groups in total. The third-order valence-corrected chi connectivity index (χ3v) is 3.62. The number of hydrogen-bond donors (Lipinski definition) is 1. The summed E-state index contributed by atoms with van der Waals surface area (Å²) in [4.78, 5) is 28.8. The number of carbonyl (C=O) groups excluding carboxylic acids is 1. The highest BCUT2D eigenvalue weighted by Gasteiger charge is 2.33. The summed E-state index contributed by atoms with van der Waals surface area (Å²) in [7, 11) is 0. The van der Waals surface area contributed by atoms with E-state index in [2.05, 4.69) is 10.1 Å². The van der Waals surface area contributed by atoms with Gasteiger partial charge in [0, 0.05) is 25.8 Å². The zero-order valence-corrected chi connectivity index (χ0v) is 12.2. The van der Waals surface area contributed by atoms with Gasteiger partial charge in [-0.3, -0.25) is 4.79 Å². The first-order valence-corrected chi connectivity index (χ1v) is 7.45. The summed E-state index contributed by atoms with van der Waals surface area (Å²) in [6.45, 7) is 2.58. The Bertz CT molecular complexity index is 500. The first kappa shape index (κ1) is 15.5. The number of carboxylic acid groups (broad SMARTS) is 1. The molecule has 1 saturated heterocycles. The number of likely N-dealkylation sites (tertiary alicyclic amines) is 1. The van der Waals surface area contributed by atoms with Crippen molar-refractivity contribution >= 4 is 11.9 Å².